The molecule has 9 heteroatoms. The standard InChI is InChI=1S/C22H26N2O7/c1-14-4-6-18(31-14)21(26)23-16-8-10-24(11-9-16)22(27)15-5-7-17(19(12-15)28-2)30-13-20(25)29-3/h4-7,12,16H,8-11,13H2,1-3H3,(H,23,26). The minimum atomic E-state index is -0.514. The van der Waals surface area contributed by atoms with Gasteiger partial charge in [-0.2, -0.15) is 0 Å². The average Bonchev–Trinajstić information content (AvgIpc) is 3.23. The van der Waals surface area contributed by atoms with E-state index in [2.05, 4.69) is 10.1 Å². The van der Waals surface area contributed by atoms with E-state index in [0.717, 1.165) is 0 Å². The van der Waals surface area contributed by atoms with E-state index < -0.39 is 5.97 Å². The fraction of sp³-hybridized carbons (Fsp3) is 0.409. The van der Waals surface area contributed by atoms with Crippen LogP contribution < -0.4 is 14.8 Å². The van der Waals surface area contributed by atoms with Crippen molar-refractivity contribution in [1.29, 1.82) is 0 Å². The molecule has 0 atom stereocenters. The van der Waals surface area contributed by atoms with E-state index in [1.165, 1.54) is 14.2 Å². The van der Waals surface area contributed by atoms with Crippen LogP contribution in [0.3, 0.4) is 0 Å². The summed E-state index contributed by atoms with van der Waals surface area (Å²) in [4.78, 5) is 38.1. The summed E-state index contributed by atoms with van der Waals surface area (Å²) in [7, 11) is 2.74. The summed E-state index contributed by atoms with van der Waals surface area (Å²) < 4.78 is 20.6. The number of esters is 1. The third-order valence-corrected chi connectivity index (χ3v) is 5.07. The number of likely N-dealkylation sites (tertiary alicyclic amines) is 1. The minimum Gasteiger partial charge on any atom is -0.493 e. The SMILES string of the molecule is COC(=O)COc1ccc(C(=O)N2CCC(NC(=O)c3ccc(C)o3)CC2)cc1OC. The van der Waals surface area contributed by atoms with Gasteiger partial charge < -0.3 is 28.8 Å². The van der Waals surface area contributed by atoms with Crippen LogP contribution in [0.4, 0.5) is 0 Å². The van der Waals surface area contributed by atoms with E-state index in [4.69, 9.17) is 13.9 Å². The van der Waals surface area contributed by atoms with Crippen molar-refractivity contribution in [3.8, 4) is 11.5 Å². The van der Waals surface area contributed by atoms with Crippen LogP contribution in [0.25, 0.3) is 0 Å². The Morgan fingerprint density at radius 1 is 1.10 bits per heavy atom. The minimum absolute atomic E-state index is 0.0226. The number of methoxy groups -OCH3 is 2. The first-order chi connectivity index (χ1) is 14.9. The van der Waals surface area contributed by atoms with Crippen molar-refractivity contribution in [2.75, 3.05) is 33.9 Å². The second-order valence-corrected chi connectivity index (χ2v) is 7.18. The van der Waals surface area contributed by atoms with Crippen LogP contribution in [0.2, 0.25) is 0 Å². The molecule has 2 heterocycles. The molecule has 0 spiro atoms. The Morgan fingerprint density at radius 3 is 2.45 bits per heavy atom. The molecule has 0 saturated carbocycles. The van der Waals surface area contributed by atoms with Gasteiger partial charge in [-0.3, -0.25) is 9.59 Å². The zero-order chi connectivity index (χ0) is 22.4. The molecule has 2 amide bonds. The summed E-state index contributed by atoms with van der Waals surface area (Å²) in [5.41, 5.74) is 0.454. The van der Waals surface area contributed by atoms with Crippen LogP contribution in [-0.4, -0.2) is 62.6 Å². The largest absolute Gasteiger partial charge is 0.493 e. The first kappa shape index (κ1) is 22.2. The highest BCUT2D eigenvalue weighted by atomic mass is 16.6. The predicted octanol–water partition coefficient (Wildman–Crippen LogP) is 2.18. The summed E-state index contributed by atoms with van der Waals surface area (Å²) in [6.07, 6.45) is 1.29. The number of amides is 2. The molecule has 9 nitrogen and oxygen atoms in total. The highest BCUT2D eigenvalue weighted by Crippen LogP contribution is 2.29. The van der Waals surface area contributed by atoms with Crippen LogP contribution in [0.15, 0.2) is 34.7 Å². The highest BCUT2D eigenvalue weighted by molar-refractivity contribution is 5.95. The van der Waals surface area contributed by atoms with Crippen molar-refractivity contribution in [2.45, 2.75) is 25.8 Å². The number of aryl methyl sites for hydroxylation is 1. The molecule has 0 bridgehead atoms. The van der Waals surface area contributed by atoms with E-state index in [-0.39, 0.29) is 30.2 Å². The van der Waals surface area contributed by atoms with Gasteiger partial charge in [0, 0.05) is 24.7 Å². The zero-order valence-electron chi connectivity index (χ0n) is 17.8. The van der Waals surface area contributed by atoms with Gasteiger partial charge >= 0.3 is 5.97 Å². The predicted molar refractivity (Wildman–Crippen MR) is 110 cm³/mol. The quantitative estimate of drug-likeness (QED) is 0.671. The molecule has 1 N–H and O–H groups in total. The number of hydrogen-bond donors (Lipinski definition) is 1. The zero-order valence-corrected chi connectivity index (χ0v) is 17.8. The Balaban J connectivity index is 1.56. The maximum absolute atomic E-state index is 12.9. The molecule has 3 rings (SSSR count). The maximum Gasteiger partial charge on any atom is 0.343 e. The number of carbonyl (C=O) groups is 3. The Labute approximate surface area is 180 Å². The number of hydrogen-bond acceptors (Lipinski definition) is 7. The molecule has 1 aromatic heterocycles. The molecule has 1 fully saturated rings. The number of piperidine rings is 1. The van der Waals surface area contributed by atoms with Crippen LogP contribution in [-0.2, 0) is 9.53 Å². The highest BCUT2D eigenvalue weighted by Gasteiger charge is 2.26. The van der Waals surface area contributed by atoms with Gasteiger partial charge in [0.1, 0.15) is 5.76 Å². The van der Waals surface area contributed by atoms with Gasteiger partial charge in [-0.15, -0.1) is 0 Å². The lowest BCUT2D eigenvalue weighted by Gasteiger charge is -2.32. The first-order valence-electron chi connectivity index (χ1n) is 9.95. The fourth-order valence-electron chi connectivity index (χ4n) is 3.34. The number of carbonyl (C=O) groups excluding carboxylic acids is 3. The number of benzene rings is 1. The van der Waals surface area contributed by atoms with Crippen molar-refractivity contribution < 1.29 is 33.0 Å². The normalized spacial score (nSPS) is 14.1. The fourth-order valence-corrected chi connectivity index (χ4v) is 3.34. The molecule has 166 valence electrons. The van der Waals surface area contributed by atoms with Gasteiger partial charge in [0.2, 0.25) is 0 Å². The number of rotatable bonds is 7. The lowest BCUT2D eigenvalue weighted by Crippen LogP contribution is -2.46. The first-order valence-corrected chi connectivity index (χ1v) is 9.95. The molecule has 1 saturated heterocycles. The third-order valence-electron chi connectivity index (χ3n) is 5.07. The average molecular weight is 430 g/mol. The Hall–Kier alpha value is -3.49. The van der Waals surface area contributed by atoms with Gasteiger partial charge in [-0.25, -0.2) is 4.79 Å². The van der Waals surface area contributed by atoms with Gasteiger partial charge in [0.25, 0.3) is 11.8 Å². The van der Waals surface area contributed by atoms with Gasteiger partial charge in [0.15, 0.2) is 23.9 Å². The van der Waals surface area contributed by atoms with E-state index in [9.17, 15) is 14.4 Å². The molecular formula is C22H26N2O7. The van der Waals surface area contributed by atoms with Crippen molar-refractivity contribution in [2.24, 2.45) is 0 Å². The molecular weight excluding hydrogens is 404 g/mol. The summed E-state index contributed by atoms with van der Waals surface area (Å²) in [5, 5.41) is 2.96. The molecule has 0 unspecified atom stereocenters. The number of ether oxygens (including phenoxy) is 3. The van der Waals surface area contributed by atoms with Crippen LogP contribution >= 0.6 is 0 Å². The van der Waals surface area contributed by atoms with E-state index in [1.54, 1.807) is 42.2 Å². The molecule has 0 aliphatic carbocycles. The number of nitrogens with one attached hydrogen (secondary N) is 1. The molecule has 0 radical (unpaired) electrons. The lowest BCUT2D eigenvalue weighted by atomic mass is 10.0. The third kappa shape index (κ3) is 5.56. The van der Waals surface area contributed by atoms with Crippen LogP contribution in [0.1, 0.15) is 39.5 Å². The summed E-state index contributed by atoms with van der Waals surface area (Å²) in [6, 6.07) is 8.18. The maximum atomic E-state index is 12.9. The van der Waals surface area contributed by atoms with Crippen molar-refractivity contribution in [3.63, 3.8) is 0 Å². The summed E-state index contributed by atoms with van der Waals surface area (Å²) in [5.74, 6) is 0.777. The van der Waals surface area contributed by atoms with Crippen LogP contribution in [0.5, 0.6) is 11.5 Å². The van der Waals surface area contributed by atoms with Crippen LogP contribution in [0, 0.1) is 6.92 Å². The lowest BCUT2D eigenvalue weighted by molar-refractivity contribution is -0.142. The Bertz CT molecular complexity index is 945. The summed E-state index contributed by atoms with van der Waals surface area (Å²) >= 11 is 0. The molecule has 2 aromatic rings. The van der Waals surface area contributed by atoms with Gasteiger partial charge in [0.05, 0.1) is 14.2 Å². The topological polar surface area (TPSA) is 107 Å². The number of nitrogens with zero attached hydrogens (tertiary/aromatic N) is 1. The van der Waals surface area contributed by atoms with Crippen molar-refractivity contribution in [1.82, 2.24) is 10.2 Å². The second kappa shape index (κ2) is 10.0. The van der Waals surface area contributed by atoms with Crippen molar-refractivity contribution in [3.05, 3.63) is 47.4 Å². The second-order valence-electron chi connectivity index (χ2n) is 7.18. The Morgan fingerprint density at radius 2 is 1.84 bits per heavy atom. The van der Waals surface area contributed by atoms with E-state index in [1.807, 2.05) is 0 Å². The molecule has 31 heavy (non-hydrogen) atoms. The smallest absolute Gasteiger partial charge is 0.343 e. The Kier molecular flexibility index (Phi) is 7.17. The van der Waals surface area contributed by atoms with Crippen molar-refractivity contribution >= 4 is 17.8 Å². The van der Waals surface area contributed by atoms with Gasteiger partial charge in [-0.1, -0.05) is 0 Å². The van der Waals surface area contributed by atoms with E-state index in [0.29, 0.717) is 48.8 Å². The monoisotopic (exact) mass is 430 g/mol. The molecule has 1 aliphatic rings. The summed E-state index contributed by atoms with van der Waals surface area (Å²) in [6.45, 7) is 2.57. The molecule has 1 aromatic carbocycles. The van der Waals surface area contributed by atoms with Gasteiger partial charge in [-0.05, 0) is 50.1 Å². The molecule has 1 aliphatic heterocycles. The number of furan rings is 1. The van der Waals surface area contributed by atoms with E-state index >= 15 is 0 Å².